The molecule has 0 amide bonds. The van der Waals surface area contributed by atoms with E-state index in [-0.39, 0.29) is 0 Å². The molecule has 0 unspecified atom stereocenters. The monoisotopic (exact) mass is 238 g/mol. The van der Waals surface area contributed by atoms with Crippen LogP contribution in [0.1, 0.15) is 5.56 Å². The Balaban J connectivity index is 2.08. The number of aromatic nitrogens is 4. The molecule has 1 aliphatic heterocycles. The van der Waals surface area contributed by atoms with E-state index in [1.807, 2.05) is 10.7 Å². The molecule has 0 spiro atoms. The van der Waals surface area contributed by atoms with E-state index in [0.717, 1.165) is 18.9 Å². The van der Waals surface area contributed by atoms with E-state index in [4.69, 9.17) is 5.10 Å². The van der Waals surface area contributed by atoms with Crippen molar-refractivity contribution in [1.29, 1.82) is 0 Å². The van der Waals surface area contributed by atoms with Crippen molar-refractivity contribution in [2.75, 3.05) is 0 Å². The molecule has 0 aromatic carbocycles. The minimum Gasteiger partial charge on any atom is -0.212 e. The van der Waals surface area contributed by atoms with Gasteiger partial charge in [-0.05, 0) is 24.6 Å². The molecule has 0 fully saturated rings. The largest absolute Gasteiger partial charge is 0.374 e. The van der Waals surface area contributed by atoms with E-state index in [9.17, 15) is 0 Å². The molecule has 3 aromatic heterocycles. The number of aryl methyl sites for hydroxylation is 3. The van der Waals surface area contributed by atoms with Crippen LogP contribution in [0, 0.1) is 6.92 Å². The fourth-order valence-electron chi connectivity index (χ4n) is 2.63. The molecule has 0 bridgehead atoms. The first kappa shape index (κ1) is 9.76. The SMILES string of the molecule is Cc1ccn2nc3[n+](c2c1)CC[n+]1ccccc1-3. The van der Waals surface area contributed by atoms with Crippen LogP contribution >= 0.6 is 0 Å². The van der Waals surface area contributed by atoms with Gasteiger partial charge < -0.3 is 0 Å². The van der Waals surface area contributed by atoms with Crippen molar-refractivity contribution < 1.29 is 9.13 Å². The maximum Gasteiger partial charge on any atom is 0.374 e. The lowest BCUT2D eigenvalue weighted by molar-refractivity contribution is -0.784. The maximum atomic E-state index is 4.69. The van der Waals surface area contributed by atoms with Crippen LogP contribution in [0.5, 0.6) is 0 Å². The number of nitrogens with zero attached hydrogens (tertiary/aromatic N) is 4. The number of rotatable bonds is 0. The van der Waals surface area contributed by atoms with Crippen molar-refractivity contribution in [2.24, 2.45) is 0 Å². The molecule has 0 radical (unpaired) electrons. The zero-order valence-electron chi connectivity index (χ0n) is 10.2. The predicted octanol–water partition coefficient (Wildman–Crippen LogP) is 0.898. The highest BCUT2D eigenvalue weighted by molar-refractivity contribution is 5.45. The fourth-order valence-corrected chi connectivity index (χ4v) is 2.63. The standard InChI is InChI=1S/C14H14N4/c1-11-5-7-18-13(10-11)17-9-8-16-6-3-2-4-12(16)14(17)15-18/h2-7,10H,8-9H2,1H3/q+2. The predicted molar refractivity (Wildman–Crippen MR) is 65.8 cm³/mol. The second-order valence-corrected chi connectivity index (χ2v) is 4.76. The second-order valence-electron chi connectivity index (χ2n) is 4.76. The molecule has 4 nitrogen and oxygen atoms in total. The minimum atomic E-state index is 0.976. The first-order valence-corrected chi connectivity index (χ1v) is 6.20. The molecule has 4 rings (SSSR count). The van der Waals surface area contributed by atoms with Crippen molar-refractivity contribution in [1.82, 2.24) is 9.61 Å². The topological polar surface area (TPSA) is 25.1 Å². The second kappa shape index (κ2) is 3.38. The number of pyridine rings is 2. The summed E-state index contributed by atoms with van der Waals surface area (Å²) in [7, 11) is 0. The van der Waals surface area contributed by atoms with Gasteiger partial charge in [0, 0.05) is 18.2 Å². The normalized spacial score (nSPS) is 13.4. The molecule has 4 heteroatoms. The minimum absolute atomic E-state index is 0.976. The van der Waals surface area contributed by atoms with Gasteiger partial charge in [0.15, 0.2) is 12.7 Å². The molecule has 0 saturated carbocycles. The van der Waals surface area contributed by atoms with Crippen molar-refractivity contribution in [2.45, 2.75) is 20.0 Å². The van der Waals surface area contributed by atoms with Crippen LogP contribution in [0.2, 0.25) is 0 Å². The molecule has 88 valence electrons. The van der Waals surface area contributed by atoms with Gasteiger partial charge in [-0.3, -0.25) is 0 Å². The summed E-state index contributed by atoms with van der Waals surface area (Å²) in [5, 5.41) is 4.69. The van der Waals surface area contributed by atoms with E-state index in [2.05, 4.69) is 52.6 Å². The Labute approximate surface area is 105 Å². The molecule has 18 heavy (non-hydrogen) atoms. The molecule has 3 aromatic rings. The average molecular weight is 238 g/mol. The summed E-state index contributed by atoms with van der Waals surface area (Å²) in [6, 6.07) is 10.5. The van der Waals surface area contributed by atoms with E-state index >= 15 is 0 Å². The van der Waals surface area contributed by atoms with Crippen LogP contribution in [0.3, 0.4) is 0 Å². The van der Waals surface area contributed by atoms with Crippen molar-refractivity contribution >= 4 is 5.65 Å². The summed E-state index contributed by atoms with van der Waals surface area (Å²) >= 11 is 0. The summed E-state index contributed by atoms with van der Waals surface area (Å²) in [4.78, 5) is 0. The molecule has 4 heterocycles. The summed E-state index contributed by atoms with van der Waals surface area (Å²) in [6.07, 6.45) is 4.15. The summed E-state index contributed by atoms with van der Waals surface area (Å²) < 4.78 is 6.52. The van der Waals surface area contributed by atoms with Gasteiger partial charge in [-0.1, -0.05) is 4.52 Å². The molecule has 0 N–H and O–H groups in total. The number of fused-ring (bicyclic) bond motifs is 5. The lowest BCUT2D eigenvalue weighted by Gasteiger charge is -2.06. The zero-order chi connectivity index (χ0) is 12.1. The first-order valence-electron chi connectivity index (χ1n) is 6.20. The van der Waals surface area contributed by atoms with Crippen molar-refractivity contribution in [3.8, 4) is 11.5 Å². The molecule has 0 aliphatic carbocycles. The summed E-state index contributed by atoms with van der Waals surface area (Å²) in [5.74, 6) is 1.05. The Morgan fingerprint density at radius 1 is 1.22 bits per heavy atom. The zero-order valence-corrected chi connectivity index (χ0v) is 10.2. The molecule has 0 saturated heterocycles. The van der Waals surface area contributed by atoms with E-state index in [0.29, 0.717) is 0 Å². The lowest BCUT2D eigenvalue weighted by Crippen LogP contribution is -2.52. The molecular weight excluding hydrogens is 224 g/mol. The van der Waals surface area contributed by atoms with E-state index in [1.165, 1.54) is 16.9 Å². The molecule has 1 aliphatic rings. The Morgan fingerprint density at radius 2 is 2.17 bits per heavy atom. The third-order valence-electron chi connectivity index (χ3n) is 3.54. The molecular formula is C14H14N4+2. The number of hydrogen-bond acceptors (Lipinski definition) is 1. The van der Waals surface area contributed by atoms with Gasteiger partial charge in [-0.25, -0.2) is 4.57 Å². The third-order valence-corrected chi connectivity index (χ3v) is 3.54. The van der Waals surface area contributed by atoms with Gasteiger partial charge in [-0.15, -0.1) is 0 Å². The van der Waals surface area contributed by atoms with Crippen molar-refractivity contribution in [3.63, 3.8) is 0 Å². The van der Waals surface area contributed by atoms with Crippen LogP contribution < -0.4 is 9.13 Å². The Morgan fingerprint density at radius 3 is 3.11 bits per heavy atom. The van der Waals surface area contributed by atoms with Gasteiger partial charge in [0.25, 0.3) is 11.3 Å². The van der Waals surface area contributed by atoms with Crippen LogP contribution in [-0.2, 0) is 13.1 Å². The maximum absolute atomic E-state index is 4.69. The average Bonchev–Trinajstić information content (AvgIpc) is 2.77. The van der Waals surface area contributed by atoms with Crippen LogP contribution in [0.15, 0.2) is 42.7 Å². The smallest absolute Gasteiger partial charge is 0.212 e. The Hall–Kier alpha value is -2.23. The number of hydrogen-bond donors (Lipinski definition) is 0. The van der Waals surface area contributed by atoms with Crippen LogP contribution in [0.4, 0.5) is 0 Å². The van der Waals surface area contributed by atoms with E-state index in [1.54, 1.807) is 0 Å². The quantitative estimate of drug-likeness (QED) is 0.534. The molecule has 0 atom stereocenters. The van der Waals surface area contributed by atoms with Gasteiger partial charge in [0.1, 0.15) is 12.7 Å². The Kier molecular flexibility index (Phi) is 1.84. The van der Waals surface area contributed by atoms with Crippen LogP contribution in [0.25, 0.3) is 17.2 Å². The van der Waals surface area contributed by atoms with E-state index < -0.39 is 0 Å². The highest BCUT2D eigenvalue weighted by Crippen LogP contribution is 2.13. The van der Waals surface area contributed by atoms with Crippen LogP contribution in [-0.4, -0.2) is 9.61 Å². The lowest BCUT2D eigenvalue weighted by atomic mass is 10.2. The highest BCUT2D eigenvalue weighted by Gasteiger charge is 2.33. The fraction of sp³-hybridized carbons (Fsp3) is 0.214. The van der Waals surface area contributed by atoms with Gasteiger partial charge in [-0.2, -0.15) is 4.57 Å². The van der Waals surface area contributed by atoms with Crippen molar-refractivity contribution in [3.05, 3.63) is 48.3 Å². The first-order chi connectivity index (χ1) is 8.83. The highest BCUT2D eigenvalue weighted by atomic mass is 15.4. The third kappa shape index (κ3) is 1.23. The van der Waals surface area contributed by atoms with Gasteiger partial charge in [0.05, 0.1) is 5.10 Å². The Bertz CT molecular complexity index is 758. The summed E-state index contributed by atoms with van der Waals surface area (Å²) in [6.45, 7) is 4.10. The van der Waals surface area contributed by atoms with Gasteiger partial charge >= 0.3 is 5.82 Å². The van der Waals surface area contributed by atoms with Gasteiger partial charge in [0.2, 0.25) is 0 Å². The summed E-state index contributed by atoms with van der Waals surface area (Å²) in [5.41, 5.74) is 3.62.